The second kappa shape index (κ2) is 10.5. The van der Waals surface area contributed by atoms with E-state index in [1.165, 1.54) is 6.92 Å². The molecule has 29 heavy (non-hydrogen) atoms. The first-order chi connectivity index (χ1) is 13.8. The van der Waals surface area contributed by atoms with Crippen molar-refractivity contribution in [1.82, 2.24) is 5.32 Å². The van der Waals surface area contributed by atoms with Gasteiger partial charge in [-0.25, -0.2) is 0 Å². The molecule has 0 unspecified atom stereocenters. The molecule has 6 heteroatoms. The van der Waals surface area contributed by atoms with E-state index in [1.807, 2.05) is 49.4 Å². The van der Waals surface area contributed by atoms with E-state index in [9.17, 15) is 9.59 Å². The Morgan fingerprint density at radius 1 is 1.07 bits per heavy atom. The van der Waals surface area contributed by atoms with Crippen molar-refractivity contribution in [3.8, 4) is 11.5 Å². The van der Waals surface area contributed by atoms with Gasteiger partial charge in [0, 0.05) is 6.92 Å². The first kappa shape index (κ1) is 22.3. The highest BCUT2D eigenvalue weighted by Crippen LogP contribution is 2.31. The number of methoxy groups -OCH3 is 1. The number of amides is 2. The maximum absolute atomic E-state index is 12.4. The van der Waals surface area contributed by atoms with Crippen LogP contribution in [0.5, 0.6) is 11.5 Å². The molecular formula is C23H30N2O4. The summed E-state index contributed by atoms with van der Waals surface area (Å²) < 4.78 is 10.7. The van der Waals surface area contributed by atoms with Gasteiger partial charge in [-0.15, -0.1) is 0 Å². The lowest BCUT2D eigenvalue weighted by Crippen LogP contribution is -2.41. The lowest BCUT2D eigenvalue weighted by molar-refractivity contribution is -0.123. The van der Waals surface area contributed by atoms with Crippen LogP contribution >= 0.6 is 0 Å². The van der Waals surface area contributed by atoms with E-state index in [-0.39, 0.29) is 24.3 Å². The van der Waals surface area contributed by atoms with Crippen LogP contribution in [-0.2, 0) is 9.59 Å². The highest BCUT2D eigenvalue weighted by Gasteiger charge is 2.21. The molecule has 0 atom stereocenters. The van der Waals surface area contributed by atoms with Crippen molar-refractivity contribution >= 4 is 17.5 Å². The standard InChI is InChI=1S/C23H30N2O4/c1-16(2)21-8-6-7-17(3)23(21)25(18(4)26)15-22(27)24-13-14-29-20-11-9-19(28-5)10-12-20/h6-12,16H,13-15H2,1-5H3,(H,24,27). The normalized spacial score (nSPS) is 10.6. The Labute approximate surface area is 172 Å². The second-order valence-corrected chi connectivity index (χ2v) is 7.15. The summed E-state index contributed by atoms with van der Waals surface area (Å²) in [7, 11) is 1.61. The fraction of sp³-hybridized carbons (Fsp3) is 0.391. The molecule has 2 rings (SSSR count). The number of rotatable bonds is 9. The van der Waals surface area contributed by atoms with Gasteiger partial charge < -0.3 is 19.7 Å². The van der Waals surface area contributed by atoms with Crippen molar-refractivity contribution < 1.29 is 19.1 Å². The number of aryl methyl sites for hydroxylation is 1. The summed E-state index contributed by atoms with van der Waals surface area (Å²) in [5.41, 5.74) is 2.84. The van der Waals surface area contributed by atoms with Crippen LogP contribution in [0.3, 0.4) is 0 Å². The lowest BCUT2D eigenvalue weighted by atomic mass is 9.97. The Kier molecular flexibility index (Phi) is 8.07. The molecule has 6 nitrogen and oxygen atoms in total. The average Bonchev–Trinajstić information content (AvgIpc) is 2.69. The number of hydrogen-bond acceptors (Lipinski definition) is 4. The number of hydrogen-bond donors (Lipinski definition) is 1. The molecule has 0 aromatic heterocycles. The Balaban J connectivity index is 1.94. The van der Waals surface area contributed by atoms with Gasteiger partial charge in [0.1, 0.15) is 24.7 Å². The zero-order valence-electron chi connectivity index (χ0n) is 17.8. The fourth-order valence-corrected chi connectivity index (χ4v) is 3.09. The predicted molar refractivity (Wildman–Crippen MR) is 115 cm³/mol. The van der Waals surface area contributed by atoms with Crippen LogP contribution in [0, 0.1) is 6.92 Å². The van der Waals surface area contributed by atoms with Crippen molar-refractivity contribution in [2.45, 2.75) is 33.6 Å². The van der Waals surface area contributed by atoms with Gasteiger partial charge in [-0.3, -0.25) is 9.59 Å². The quantitative estimate of drug-likeness (QED) is 0.655. The molecule has 2 aromatic rings. The molecule has 0 fully saturated rings. The first-order valence-corrected chi connectivity index (χ1v) is 9.74. The summed E-state index contributed by atoms with van der Waals surface area (Å²) in [5.74, 6) is 1.31. The summed E-state index contributed by atoms with van der Waals surface area (Å²) in [4.78, 5) is 26.3. The topological polar surface area (TPSA) is 67.9 Å². The SMILES string of the molecule is COc1ccc(OCCNC(=O)CN(C(C)=O)c2c(C)cccc2C(C)C)cc1. The predicted octanol–water partition coefficient (Wildman–Crippen LogP) is 3.68. The van der Waals surface area contributed by atoms with Gasteiger partial charge in [0.05, 0.1) is 19.3 Å². The van der Waals surface area contributed by atoms with Crippen LogP contribution < -0.4 is 19.7 Å². The largest absolute Gasteiger partial charge is 0.497 e. The molecule has 156 valence electrons. The molecular weight excluding hydrogens is 368 g/mol. The Morgan fingerprint density at radius 2 is 1.72 bits per heavy atom. The number of nitrogens with zero attached hydrogens (tertiary/aromatic N) is 1. The molecule has 0 heterocycles. The van der Waals surface area contributed by atoms with E-state index in [0.29, 0.717) is 18.9 Å². The van der Waals surface area contributed by atoms with Crippen molar-refractivity contribution in [1.29, 1.82) is 0 Å². The molecule has 0 radical (unpaired) electrons. The van der Waals surface area contributed by atoms with Gasteiger partial charge in [0.15, 0.2) is 0 Å². The number of para-hydroxylation sites is 1. The van der Waals surface area contributed by atoms with Gasteiger partial charge >= 0.3 is 0 Å². The molecule has 1 N–H and O–H groups in total. The minimum atomic E-state index is -0.225. The summed E-state index contributed by atoms with van der Waals surface area (Å²) in [5, 5.41) is 2.82. The number of benzene rings is 2. The van der Waals surface area contributed by atoms with E-state index >= 15 is 0 Å². The zero-order chi connectivity index (χ0) is 21.4. The minimum Gasteiger partial charge on any atom is -0.497 e. The molecule has 2 amide bonds. The summed E-state index contributed by atoms with van der Waals surface area (Å²) >= 11 is 0. The van der Waals surface area contributed by atoms with Crippen molar-refractivity contribution in [3.63, 3.8) is 0 Å². The summed E-state index contributed by atoms with van der Waals surface area (Å²) in [6.07, 6.45) is 0. The van der Waals surface area contributed by atoms with Crippen molar-refractivity contribution in [2.75, 3.05) is 31.7 Å². The van der Waals surface area contributed by atoms with Crippen LogP contribution in [0.25, 0.3) is 0 Å². The number of anilines is 1. The van der Waals surface area contributed by atoms with Crippen molar-refractivity contribution in [3.05, 3.63) is 53.6 Å². The van der Waals surface area contributed by atoms with Crippen molar-refractivity contribution in [2.24, 2.45) is 0 Å². The van der Waals surface area contributed by atoms with E-state index in [4.69, 9.17) is 9.47 Å². The molecule has 0 aliphatic heterocycles. The molecule has 0 aliphatic carbocycles. The van der Waals surface area contributed by atoms with E-state index in [1.54, 1.807) is 12.0 Å². The van der Waals surface area contributed by atoms with E-state index in [0.717, 1.165) is 22.6 Å². The average molecular weight is 399 g/mol. The molecule has 2 aromatic carbocycles. The van der Waals surface area contributed by atoms with Gasteiger partial charge in [-0.2, -0.15) is 0 Å². The lowest BCUT2D eigenvalue weighted by Gasteiger charge is -2.27. The maximum Gasteiger partial charge on any atom is 0.240 e. The smallest absolute Gasteiger partial charge is 0.240 e. The highest BCUT2D eigenvalue weighted by atomic mass is 16.5. The zero-order valence-corrected chi connectivity index (χ0v) is 17.8. The number of carbonyl (C=O) groups is 2. The molecule has 0 saturated heterocycles. The molecule has 0 aliphatic rings. The summed E-state index contributed by atoms with van der Waals surface area (Å²) in [6, 6.07) is 13.2. The minimum absolute atomic E-state index is 0.0254. The third-order valence-corrected chi connectivity index (χ3v) is 4.60. The van der Waals surface area contributed by atoms with Gasteiger partial charge in [-0.1, -0.05) is 32.0 Å². The maximum atomic E-state index is 12.4. The number of nitrogens with one attached hydrogen (secondary N) is 1. The first-order valence-electron chi connectivity index (χ1n) is 9.74. The second-order valence-electron chi connectivity index (χ2n) is 7.15. The Hall–Kier alpha value is -3.02. The summed E-state index contributed by atoms with van der Waals surface area (Å²) in [6.45, 7) is 8.25. The number of carbonyl (C=O) groups excluding carboxylic acids is 2. The van der Waals surface area contributed by atoms with Crippen LogP contribution in [0.15, 0.2) is 42.5 Å². The Morgan fingerprint density at radius 3 is 2.31 bits per heavy atom. The highest BCUT2D eigenvalue weighted by molar-refractivity contribution is 5.98. The van der Waals surface area contributed by atoms with Gasteiger partial charge in [-0.05, 0) is 48.2 Å². The molecule has 0 spiro atoms. The number of ether oxygens (including phenoxy) is 2. The molecule has 0 saturated carbocycles. The van der Waals surface area contributed by atoms with E-state index in [2.05, 4.69) is 19.2 Å². The van der Waals surface area contributed by atoms with Gasteiger partial charge in [0.2, 0.25) is 11.8 Å². The van der Waals surface area contributed by atoms with Crippen LogP contribution in [-0.4, -0.2) is 38.6 Å². The molecule has 0 bridgehead atoms. The van der Waals surface area contributed by atoms with Crippen LogP contribution in [0.4, 0.5) is 5.69 Å². The monoisotopic (exact) mass is 398 g/mol. The third-order valence-electron chi connectivity index (χ3n) is 4.60. The van der Waals surface area contributed by atoms with Crippen LogP contribution in [0.2, 0.25) is 0 Å². The van der Waals surface area contributed by atoms with Gasteiger partial charge in [0.25, 0.3) is 0 Å². The van der Waals surface area contributed by atoms with Crippen LogP contribution in [0.1, 0.15) is 37.8 Å². The third kappa shape index (κ3) is 6.24. The fourth-order valence-electron chi connectivity index (χ4n) is 3.09. The Bertz CT molecular complexity index is 831. The van der Waals surface area contributed by atoms with E-state index < -0.39 is 0 Å².